The summed E-state index contributed by atoms with van der Waals surface area (Å²) >= 11 is 3.18. The molecule has 0 unspecified atom stereocenters. The van der Waals surface area contributed by atoms with Crippen molar-refractivity contribution in [3.63, 3.8) is 0 Å². The molecule has 0 aromatic carbocycles. The molecule has 104 valence electrons. The molecule has 0 fully saturated rings. The van der Waals surface area contributed by atoms with Crippen LogP contribution in [-0.2, 0) is 5.75 Å². The van der Waals surface area contributed by atoms with Gasteiger partial charge in [0, 0.05) is 29.7 Å². The topological polar surface area (TPSA) is 71.8 Å². The van der Waals surface area contributed by atoms with Crippen molar-refractivity contribution in [3.8, 4) is 11.5 Å². The Morgan fingerprint density at radius 1 is 1.29 bits per heavy atom. The highest BCUT2D eigenvalue weighted by atomic mass is 32.2. The van der Waals surface area contributed by atoms with Crippen LogP contribution in [0.15, 0.2) is 47.3 Å². The largest absolute Gasteiger partial charge is 0.297 e. The second kappa shape index (κ2) is 5.30. The van der Waals surface area contributed by atoms with E-state index in [1.807, 2.05) is 40.4 Å². The molecule has 4 rings (SSSR count). The van der Waals surface area contributed by atoms with E-state index in [4.69, 9.17) is 0 Å². The first-order valence-corrected chi connectivity index (χ1v) is 8.13. The number of pyridine rings is 1. The number of aromatic amines is 1. The van der Waals surface area contributed by atoms with Gasteiger partial charge in [-0.15, -0.1) is 16.4 Å². The highest BCUT2D eigenvalue weighted by Crippen LogP contribution is 2.22. The van der Waals surface area contributed by atoms with Gasteiger partial charge in [-0.1, -0.05) is 17.8 Å². The summed E-state index contributed by atoms with van der Waals surface area (Å²) < 4.78 is 2.03. The maximum absolute atomic E-state index is 4.54. The van der Waals surface area contributed by atoms with Crippen molar-refractivity contribution < 1.29 is 0 Å². The fourth-order valence-corrected chi connectivity index (χ4v) is 3.31. The number of thioether (sulfide) groups is 1. The van der Waals surface area contributed by atoms with Gasteiger partial charge >= 0.3 is 0 Å². The Labute approximate surface area is 128 Å². The van der Waals surface area contributed by atoms with Crippen LogP contribution in [0.5, 0.6) is 0 Å². The number of hydrogen-bond acceptors (Lipinski definition) is 6. The lowest BCUT2D eigenvalue weighted by Crippen LogP contribution is -1.84. The average Bonchev–Trinajstić information content (AvgIpc) is 3.21. The van der Waals surface area contributed by atoms with Crippen molar-refractivity contribution in [3.05, 3.63) is 47.9 Å². The summed E-state index contributed by atoms with van der Waals surface area (Å²) in [6.45, 7) is 0. The lowest BCUT2D eigenvalue weighted by Gasteiger charge is -1.92. The molecule has 0 spiro atoms. The first-order chi connectivity index (χ1) is 10.4. The molecule has 0 radical (unpaired) electrons. The maximum Gasteiger partial charge on any atom is 0.209 e. The summed E-state index contributed by atoms with van der Waals surface area (Å²) in [5.41, 5.74) is 1.82. The van der Waals surface area contributed by atoms with E-state index in [2.05, 4.69) is 25.1 Å². The molecule has 0 bridgehead atoms. The van der Waals surface area contributed by atoms with Crippen LogP contribution in [0.3, 0.4) is 0 Å². The molecule has 8 heteroatoms. The Morgan fingerprint density at radius 3 is 3.14 bits per heavy atom. The number of H-pyrrole nitrogens is 1. The second-order valence-electron chi connectivity index (χ2n) is 4.30. The number of nitrogens with one attached hydrogen (secondary N) is 1. The van der Waals surface area contributed by atoms with Gasteiger partial charge in [-0.25, -0.2) is 4.98 Å². The van der Waals surface area contributed by atoms with Crippen LogP contribution >= 0.6 is 23.1 Å². The summed E-state index contributed by atoms with van der Waals surface area (Å²) in [5.74, 6) is 1.43. The predicted octanol–water partition coefficient (Wildman–Crippen LogP) is 2.87. The van der Waals surface area contributed by atoms with Gasteiger partial charge in [0.1, 0.15) is 5.69 Å². The van der Waals surface area contributed by atoms with Gasteiger partial charge in [0.2, 0.25) is 5.16 Å². The lowest BCUT2D eigenvalue weighted by atomic mass is 10.3. The molecule has 4 aromatic heterocycles. The number of imidazole rings is 1. The van der Waals surface area contributed by atoms with Crippen molar-refractivity contribution in [1.29, 1.82) is 0 Å². The Bertz CT molecular complexity index is 834. The van der Waals surface area contributed by atoms with E-state index in [1.54, 1.807) is 29.3 Å². The quantitative estimate of drug-likeness (QED) is 0.586. The van der Waals surface area contributed by atoms with Crippen LogP contribution in [0.25, 0.3) is 16.5 Å². The average molecular weight is 314 g/mol. The molecular weight excluding hydrogens is 304 g/mol. The third-order valence-electron chi connectivity index (χ3n) is 2.86. The monoisotopic (exact) mass is 314 g/mol. The molecule has 21 heavy (non-hydrogen) atoms. The van der Waals surface area contributed by atoms with Gasteiger partial charge in [0.25, 0.3) is 0 Å². The van der Waals surface area contributed by atoms with Crippen molar-refractivity contribution in [2.24, 2.45) is 0 Å². The summed E-state index contributed by atoms with van der Waals surface area (Å²) in [5, 5.41) is 9.84. The molecule has 0 aliphatic rings. The first kappa shape index (κ1) is 12.5. The Balaban J connectivity index is 1.48. The van der Waals surface area contributed by atoms with Crippen molar-refractivity contribution >= 4 is 28.1 Å². The standard InChI is InChI=1S/C13H10N6S2/c1-2-4-14-10(3-1)11-16-12(18-17-11)21-8-9-7-19-5-6-20-13(19)15-9/h1-7H,8H2,(H,16,17,18). The predicted molar refractivity (Wildman–Crippen MR) is 82.2 cm³/mol. The molecule has 4 aromatic rings. The van der Waals surface area contributed by atoms with Gasteiger partial charge < -0.3 is 0 Å². The number of aromatic nitrogens is 6. The molecule has 0 atom stereocenters. The van der Waals surface area contributed by atoms with Crippen LogP contribution in [0.4, 0.5) is 0 Å². The van der Waals surface area contributed by atoms with E-state index in [0.29, 0.717) is 11.0 Å². The van der Waals surface area contributed by atoms with Crippen LogP contribution in [0.2, 0.25) is 0 Å². The minimum absolute atomic E-state index is 0.684. The Morgan fingerprint density at radius 2 is 2.29 bits per heavy atom. The highest BCUT2D eigenvalue weighted by molar-refractivity contribution is 7.98. The van der Waals surface area contributed by atoms with Gasteiger partial charge in [0.05, 0.1) is 5.69 Å². The van der Waals surface area contributed by atoms with Gasteiger partial charge in [-0.05, 0) is 12.1 Å². The van der Waals surface area contributed by atoms with Gasteiger partial charge in [-0.3, -0.25) is 14.5 Å². The zero-order valence-corrected chi connectivity index (χ0v) is 12.4. The zero-order valence-electron chi connectivity index (χ0n) is 10.8. The van der Waals surface area contributed by atoms with Crippen LogP contribution in [0, 0.1) is 0 Å². The molecule has 4 heterocycles. The minimum atomic E-state index is 0.684. The van der Waals surface area contributed by atoms with E-state index >= 15 is 0 Å². The number of thiazole rings is 1. The molecular formula is C13H10N6S2. The molecule has 0 saturated heterocycles. The summed E-state index contributed by atoms with van der Waals surface area (Å²) in [6, 6.07) is 5.70. The number of nitrogens with zero attached hydrogens (tertiary/aromatic N) is 5. The maximum atomic E-state index is 4.54. The third kappa shape index (κ3) is 2.55. The number of rotatable bonds is 4. The van der Waals surface area contributed by atoms with E-state index in [1.165, 1.54) is 0 Å². The molecule has 0 aliphatic heterocycles. The van der Waals surface area contributed by atoms with E-state index in [9.17, 15) is 0 Å². The molecule has 0 aliphatic carbocycles. The lowest BCUT2D eigenvalue weighted by molar-refractivity contribution is 0.972. The smallest absolute Gasteiger partial charge is 0.209 e. The van der Waals surface area contributed by atoms with Gasteiger partial charge in [-0.2, -0.15) is 4.98 Å². The Hall–Kier alpha value is -2.19. The van der Waals surface area contributed by atoms with Gasteiger partial charge in [0.15, 0.2) is 10.8 Å². The van der Waals surface area contributed by atoms with Crippen LogP contribution in [-0.4, -0.2) is 29.5 Å². The SMILES string of the molecule is c1ccc(-c2nc(SCc3cn4ccsc4n3)n[nH]2)nc1. The minimum Gasteiger partial charge on any atom is -0.297 e. The fourth-order valence-electron chi connectivity index (χ4n) is 1.91. The van der Waals surface area contributed by atoms with E-state index < -0.39 is 0 Å². The summed E-state index contributed by atoms with van der Waals surface area (Å²) in [4.78, 5) is 14.2. The van der Waals surface area contributed by atoms with Crippen LogP contribution < -0.4 is 0 Å². The first-order valence-electron chi connectivity index (χ1n) is 6.26. The van der Waals surface area contributed by atoms with Crippen molar-refractivity contribution in [2.75, 3.05) is 0 Å². The summed E-state index contributed by atoms with van der Waals surface area (Å²) in [6.07, 6.45) is 5.78. The third-order valence-corrected chi connectivity index (χ3v) is 4.52. The highest BCUT2D eigenvalue weighted by Gasteiger charge is 2.09. The number of fused-ring (bicyclic) bond motifs is 1. The zero-order chi connectivity index (χ0) is 14.1. The summed E-state index contributed by atoms with van der Waals surface area (Å²) in [7, 11) is 0. The van der Waals surface area contributed by atoms with Crippen molar-refractivity contribution in [1.82, 2.24) is 29.5 Å². The van der Waals surface area contributed by atoms with E-state index in [-0.39, 0.29) is 0 Å². The second-order valence-corrected chi connectivity index (χ2v) is 6.11. The van der Waals surface area contributed by atoms with E-state index in [0.717, 1.165) is 22.1 Å². The normalized spacial score (nSPS) is 11.2. The Kier molecular flexibility index (Phi) is 3.17. The fraction of sp³-hybridized carbons (Fsp3) is 0.0769. The van der Waals surface area contributed by atoms with Crippen molar-refractivity contribution in [2.45, 2.75) is 10.9 Å². The van der Waals surface area contributed by atoms with Crippen LogP contribution in [0.1, 0.15) is 5.69 Å². The molecule has 0 amide bonds. The molecule has 0 saturated carbocycles. The number of hydrogen-bond donors (Lipinski definition) is 1. The molecule has 6 nitrogen and oxygen atoms in total. The molecule has 1 N–H and O–H groups in total.